The van der Waals surface area contributed by atoms with E-state index < -0.39 is 36.3 Å². The maximum absolute atomic E-state index is 12.5. The zero-order valence-electron chi connectivity index (χ0n) is 14.0. The molecular weight excluding hydrogens is 390 g/mol. The maximum Gasteiger partial charge on any atom is 0.266 e. The lowest BCUT2D eigenvalue weighted by Gasteiger charge is -2.21. The van der Waals surface area contributed by atoms with Gasteiger partial charge in [0, 0.05) is 6.42 Å². The number of carboxylic acid groups (broad SMARTS) is 1. The van der Waals surface area contributed by atoms with Crippen molar-refractivity contribution in [3.63, 3.8) is 0 Å². The Morgan fingerprint density at radius 1 is 1.30 bits per heavy atom. The van der Waals surface area contributed by atoms with E-state index in [0.29, 0.717) is 4.91 Å². The maximum atomic E-state index is 12.5. The number of rotatable bonds is 8. The Balaban J connectivity index is 2.01. The molecule has 1 aromatic carbocycles. The van der Waals surface area contributed by atoms with Gasteiger partial charge in [0.05, 0.1) is 16.9 Å². The van der Waals surface area contributed by atoms with Crippen LogP contribution in [-0.4, -0.2) is 45.5 Å². The molecule has 0 radical (unpaired) electrons. The summed E-state index contributed by atoms with van der Waals surface area (Å²) in [6, 6.07) is 7.76. The number of aliphatic carboxylic acids is 1. The lowest BCUT2D eigenvalue weighted by Crippen LogP contribution is -2.51. The Labute approximate surface area is 164 Å². The zero-order valence-corrected chi connectivity index (χ0v) is 15.7. The first-order valence-electron chi connectivity index (χ1n) is 7.87. The summed E-state index contributed by atoms with van der Waals surface area (Å²) in [5, 5.41) is 13.3. The molecule has 2 rings (SSSR count). The fraction of sp³-hybridized carbons (Fsp3) is 0.235. The van der Waals surface area contributed by atoms with Crippen molar-refractivity contribution in [2.24, 2.45) is 5.73 Å². The third kappa shape index (κ3) is 5.90. The van der Waals surface area contributed by atoms with E-state index in [1.807, 2.05) is 30.3 Å². The minimum atomic E-state index is -1.54. The Morgan fingerprint density at radius 3 is 2.56 bits per heavy atom. The summed E-state index contributed by atoms with van der Waals surface area (Å²) in [7, 11) is 0. The van der Waals surface area contributed by atoms with Crippen molar-refractivity contribution < 1.29 is 24.3 Å². The Kier molecular flexibility index (Phi) is 7.08. The Hall–Kier alpha value is -2.72. The van der Waals surface area contributed by atoms with Gasteiger partial charge in [0.1, 0.15) is 10.9 Å². The number of hydrogen-bond donors (Lipinski definition) is 2. The van der Waals surface area contributed by atoms with Gasteiger partial charge in [0.15, 0.2) is 0 Å². The summed E-state index contributed by atoms with van der Waals surface area (Å²) in [4.78, 5) is 47.9. The predicted octanol–water partition coefficient (Wildman–Crippen LogP) is -0.612. The van der Waals surface area contributed by atoms with Crippen molar-refractivity contribution in [1.82, 2.24) is 10.2 Å². The number of carbonyl (C=O) groups is 4. The number of amides is 3. The molecule has 1 aliphatic heterocycles. The van der Waals surface area contributed by atoms with Crippen molar-refractivity contribution in [3.05, 3.63) is 40.8 Å². The lowest BCUT2D eigenvalue weighted by atomic mass is 10.1. The van der Waals surface area contributed by atoms with Crippen molar-refractivity contribution in [1.29, 1.82) is 0 Å². The van der Waals surface area contributed by atoms with E-state index in [2.05, 4.69) is 5.32 Å². The third-order valence-corrected chi connectivity index (χ3v) is 4.95. The predicted molar refractivity (Wildman–Crippen MR) is 102 cm³/mol. The number of thiocarbonyl (C=S) groups is 1. The number of nitrogens with two attached hydrogens (primary N) is 1. The van der Waals surface area contributed by atoms with E-state index in [1.54, 1.807) is 6.08 Å². The van der Waals surface area contributed by atoms with E-state index >= 15 is 0 Å². The van der Waals surface area contributed by atoms with Crippen LogP contribution in [0.2, 0.25) is 0 Å². The highest BCUT2D eigenvalue weighted by Gasteiger charge is 2.33. The Bertz CT molecular complexity index is 810. The molecule has 8 nitrogen and oxygen atoms in total. The van der Waals surface area contributed by atoms with Crippen molar-refractivity contribution in [3.8, 4) is 0 Å². The first kappa shape index (κ1) is 20.6. The number of thioether (sulfide) groups is 1. The van der Waals surface area contributed by atoms with Crippen molar-refractivity contribution in [2.75, 3.05) is 6.54 Å². The van der Waals surface area contributed by atoms with Crippen LogP contribution in [0.5, 0.6) is 0 Å². The van der Waals surface area contributed by atoms with E-state index in [-0.39, 0.29) is 17.2 Å². The fourth-order valence-corrected chi connectivity index (χ4v) is 3.51. The summed E-state index contributed by atoms with van der Waals surface area (Å²) in [6.45, 7) is -0.433. The quantitative estimate of drug-likeness (QED) is 0.435. The van der Waals surface area contributed by atoms with Gasteiger partial charge in [-0.15, -0.1) is 0 Å². The zero-order chi connectivity index (χ0) is 20.0. The van der Waals surface area contributed by atoms with Crippen LogP contribution in [0.3, 0.4) is 0 Å². The van der Waals surface area contributed by atoms with Crippen LogP contribution in [0.4, 0.5) is 0 Å². The summed E-state index contributed by atoms with van der Waals surface area (Å²) >= 11 is 6.19. The van der Waals surface area contributed by atoms with Gasteiger partial charge in [-0.05, 0) is 18.1 Å². The average molecular weight is 406 g/mol. The molecule has 1 fully saturated rings. The molecule has 1 saturated heterocycles. The van der Waals surface area contributed by atoms with Gasteiger partial charge in [-0.1, -0.05) is 54.3 Å². The van der Waals surface area contributed by atoms with Gasteiger partial charge in [-0.2, -0.15) is 0 Å². The summed E-state index contributed by atoms with van der Waals surface area (Å²) < 4.78 is 0.194. The number of hydrogen-bond acceptors (Lipinski definition) is 7. The largest absolute Gasteiger partial charge is 0.548 e. The Morgan fingerprint density at radius 2 is 1.96 bits per heavy atom. The highest BCUT2D eigenvalue weighted by molar-refractivity contribution is 8.26. The van der Waals surface area contributed by atoms with Gasteiger partial charge in [0.2, 0.25) is 11.8 Å². The molecular formula is C17H16N3O5S2-. The number of nitrogens with one attached hydrogen (secondary N) is 1. The first-order valence-corrected chi connectivity index (χ1v) is 9.09. The summed E-state index contributed by atoms with van der Waals surface area (Å²) in [6.07, 6.45) is 1.24. The van der Waals surface area contributed by atoms with Crippen LogP contribution in [0.25, 0.3) is 6.08 Å². The van der Waals surface area contributed by atoms with Gasteiger partial charge in [-0.25, -0.2) is 0 Å². The molecule has 3 N–H and O–H groups in total. The molecule has 1 atom stereocenters. The molecule has 0 saturated carbocycles. The third-order valence-electron chi connectivity index (χ3n) is 3.57. The summed E-state index contributed by atoms with van der Waals surface area (Å²) in [5.41, 5.74) is 5.79. The minimum Gasteiger partial charge on any atom is -0.548 e. The highest BCUT2D eigenvalue weighted by atomic mass is 32.2. The van der Waals surface area contributed by atoms with Gasteiger partial charge < -0.3 is 21.0 Å². The standard InChI is InChI=1S/C17H17N3O5S2/c18-13(21)7-6-11(16(24)25)19-14(22)9-20-15(23)12(27-17(20)26)8-10-4-2-1-3-5-10/h1-5,8,11H,6-7,9H2,(H2,18,21)(H,19,22)(H,24,25)/p-1/b12-8-/t11-/m0/s1. The molecule has 3 amide bonds. The minimum absolute atomic E-state index is 0.194. The molecule has 0 spiro atoms. The molecule has 0 aromatic heterocycles. The van der Waals surface area contributed by atoms with E-state index in [4.69, 9.17) is 18.0 Å². The number of carboxylic acids is 1. The number of nitrogens with zero attached hydrogens (tertiary/aromatic N) is 1. The second kappa shape index (κ2) is 9.28. The van der Waals surface area contributed by atoms with Crippen LogP contribution in [0, 0.1) is 0 Å². The van der Waals surface area contributed by atoms with Crippen molar-refractivity contribution >= 4 is 58.1 Å². The smallest absolute Gasteiger partial charge is 0.266 e. The van der Waals surface area contributed by atoms with Gasteiger partial charge >= 0.3 is 0 Å². The molecule has 1 aliphatic rings. The van der Waals surface area contributed by atoms with E-state index in [9.17, 15) is 24.3 Å². The average Bonchev–Trinajstić information content (AvgIpc) is 2.86. The molecule has 1 heterocycles. The number of benzene rings is 1. The molecule has 1 aromatic rings. The normalized spacial score (nSPS) is 16.4. The van der Waals surface area contributed by atoms with Gasteiger partial charge in [0.25, 0.3) is 5.91 Å². The second-order valence-corrected chi connectivity index (χ2v) is 7.30. The molecule has 0 bridgehead atoms. The molecule has 10 heteroatoms. The van der Waals surface area contributed by atoms with Crippen LogP contribution in [-0.2, 0) is 19.2 Å². The lowest BCUT2D eigenvalue weighted by molar-refractivity contribution is -0.308. The van der Waals surface area contributed by atoms with Crippen LogP contribution in [0.15, 0.2) is 35.2 Å². The molecule has 0 unspecified atom stereocenters. The monoisotopic (exact) mass is 406 g/mol. The highest BCUT2D eigenvalue weighted by Crippen LogP contribution is 2.32. The van der Waals surface area contributed by atoms with E-state index in [1.165, 1.54) is 0 Å². The SMILES string of the molecule is NC(=O)CC[C@H](NC(=O)CN1C(=O)/C(=C/c2ccccc2)SC1=S)C(=O)[O-]. The van der Waals surface area contributed by atoms with E-state index in [0.717, 1.165) is 22.2 Å². The van der Waals surface area contributed by atoms with Crippen LogP contribution < -0.4 is 16.2 Å². The number of carbonyl (C=O) groups excluding carboxylic acids is 4. The fourth-order valence-electron chi connectivity index (χ4n) is 2.26. The van der Waals surface area contributed by atoms with Gasteiger partial charge in [-0.3, -0.25) is 19.3 Å². The van der Waals surface area contributed by atoms with Crippen molar-refractivity contribution in [2.45, 2.75) is 18.9 Å². The first-order chi connectivity index (χ1) is 12.8. The second-order valence-electron chi connectivity index (χ2n) is 5.62. The number of primary amides is 1. The summed E-state index contributed by atoms with van der Waals surface area (Å²) in [5.74, 6) is -3.41. The molecule has 27 heavy (non-hydrogen) atoms. The van der Waals surface area contributed by atoms with Crippen LogP contribution in [0.1, 0.15) is 18.4 Å². The molecule has 0 aliphatic carbocycles. The van der Waals surface area contributed by atoms with Crippen LogP contribution >= 0.6 is 24.0 Å². The topological polar surface area (TPSA) is 133 Å². The molecule has 142 valence electrons.